The summed E-state index contributed by atoms with van der Waals surface area (Å²) >= 11 is 1.54. The number of thiophene rings is 1. The molecule has 0 saturated heterocycles. The number of aliphatic hydroxyl groups is 1. The minimum atomic E-state index is -0.844. The summed E-state index contributed by atoms with van der Waals surface area (Å²) in [5, 5.41) is 24.0. The fourth-order valence-corrected chi connectivity index (χ4v) is 2.03. The Morgan fingerprint density at radius 3 is 2.88 bits per heavy atom. The summed E-state index contributed by atoms with van der Waals surface area (Å²) in [6, 6.07) is 4.56. The van der Waals surface area contributed by atoms with E-state index in [0.29, 0.717) is 6.42 Å². The van der Waals surface area contributed by atoms with Crippen LogP contribution in [0.15, 0.2) is 33.4 Å². The summed E-state index contributed by atoms with van der Waals surface area (Å²) in [5.74, 6) is -0.128. The van der Waals surface area contributed by atoms with E-state index >= 15 is 0 Å². The van der Waals surface area contributed by atoms with E-state index in [-0.39, 0.29) is 11.6 Å². The molecule has 0 amide bonds. The molecule has 5 nitrogen and oxygen atoms in total. The molecule has 0 bridgehead atoms. The minimum absolute atomic E-state index is 0.220. The molecule has 16 heavy (non-hydrogen) atoms. The lowest BCUT2D eigenvalue weighted by molar-refractivity contribution is -0.402. The van der Waals surface area contributed by atoms with Crippen molar-refractivity contribution in [1.29, 1.82) is 0 Å². The topological polar surface area (TPSA) is 76.5 Å². The number of aliphatic hydroxyl groups excluding tert-OH is 1. The fourth-order valence-electron chi connectivity index (χ4n) is 1.35. The monoisotopic (exact) mass is 239 g/mol. The Morgan fingerprint density at radius 2 is 2.31 bits per heavy atom. The highest BCUT2D eigenvalue weighted by Gasteiger charge is 2.18. The molecular formula is C10H9NO4S. The summed E-state index contributed by atoms with van der Waals surface area (Å²) in [6.45, 7) is 0. The summed E-state index contributed by atoms with van der Waals surface area (Å²) in [6.07, 6.45) is -0.447. The van der Waals surface area contributed by atoms with Gasteiger partial charge in [0.05, 0.1) is 6.07 Å². The fraction of sp³-hybridized carbons (Fsp3) is 0.200. The van der Waals surface area contributed by atoms with E-state index in [1.165, 1.54) is 23.5 Å². The van der Waals surface area contributed by atoms with Crippen molar-refractivity contribution < 1.29 is 14.4 Å². The number of rotatable bonds is 4. The molecule has 0 saturated carbocycles. The molecule has 0 radical (unpaired) electrons. The smallest absolute Gasteiger partial charge is 0.403 e. The molecule has 1 unspecified atom stereocenters. The van der Waals surface area contributed by atoms with Crippen molar-refractivity contribution in [2.24, 2.45) is 0 Å². The Kier molecular flexibility index (Phi) is 3.02. The molecule has 0 spiro atoms. The number of nitro groups is 1. The van der Waals surface area contributed by atoms with Crippen molar-refractivity contribution in [3.8, 4) is 0 Å². The molecule has 2 rings (SSSR count). The number of furan rings is 1. The third-order valence-electron chi connectivity index (χ3n) is 2.13. The minimum Gasteiger partial charge on any atom is -0.403 e. The lowest BCUT2D eigenvalue weighted by Crippen LogP contribution is -1.99. The van der Waals surface area contributed by atoms with Gasteiger partial charge in [-0.05, 0) is 28.5 Å². The van der Waals surface area contributed by atoms with Crippen LogP contribution >= 0.6 is 11.3 Å². The molecule has 6 heteroatoms. The van der Waals surface area contributed by atoms with Crippen molar-refractivity contribution in [2.75, 3.05) is 0 Å². The predicted molar refractivity (Wildman–Crippen MR) is 58.3 cm³/mol. The van der Waals surface area contributed by atoms with Crippen molar-refractivity contribution in [1.82, 2.24) is 0 Å². The normalized spacial score (nSPS) is 12.6. The first-order valence-electron chi connectivity index (χ1n) is 4.60. The molecule has 0 fully saturated rings. The van der Waals surface area contributed by atoms with Gasteiger partial charge in [0.1, 0.15) is 16.8 Å². The Morgan fingerprint density at radius 1 is 1.50 bits per heavy atom. The molecule has 2 heterocycles. The van der Waals surface area contributed by atoms with Gasteiger partial charge in [0.25, 0.3) is 0 Å². The van der Waals surface area contributed by atoms with Crippen LogP contribution in [0.1, 0.15) is 17.4 Å². The van der Waals surface area contributed by atoms with Crippen molar-refractivity contribution >= 4 is 17.2 Å². The zero-order valence-corrected chi connectivity index (χ0v) is 9.02. The van der Waals surface area contributed by atoms with Gasteiger partial charge in [-0.15, -0.1) is 0 Å². The van der Waals surface area contributed by atoms with Crippen LogP contribution in [0.5, 0.6) is 0 Å². The molecule has 2 aromatic heterocycles. The number of nitrogens with zero attached hydrogens (tertiary/aromatic N) is 1. The zero-order chi connectivity index (χ0) is 11.5. The lowest BCUT2D eigenvalue weighted by atomic mass is 10.1. The second kappa shape index (κ2) is 4.46. The van der Waals surface area contributed by atoms with E-state index < -0.39 is 11.0 Å². The van der Waals surface area contributed by atoms with Gasteiger partial charge < -0.3 is 9.52 Å². The Labute approximate surface area is 95.1 Å². The Balaban J connectivity index is 2.08. The molecule has 0 aliphatic carbocycles. The van der Waals surface area contributed by atoms with Crippen LogP contribution < -0.4 is 0 Å². The van der Waals surface area contributed by atoms with E-state index in [9.17, 15) is 15.2 Å². The first kappa shape index (κ1) is 10.8. The predicted octanol–water partition coefficient (Wildman–Crippen LogP) is 2.53. The maximum Gasteiger partial charge on any atom is 0.433 e. The average Bonchev–Trinajstić information content (AvgIpc) is 2.86. The summed E-state index contributed by atoms with van der Waals surface area (Å²) in [5.41, 5.74) is 0.983. The highest BCUT2D eigenvalue weighted by atomic mass is 32.1. The van der Waals surface area contributed by atoms with E-state index in [2.05, 4.69) is 0 Å². The molecule has 1 N–H and O–H groups in total. The molecule has 2 aromatic rings. The lowest BCUT2D eigenvalue weighted by Gasteiger charge is -2.04. The van der Waals surface area contributed by atoms with Gasteiger partial charge in [0, 0.05) is 6.42 Å². The third-order valence-corrected chi connectivity index (χ3v) is 2.86. The third kappa shape index (κ3) is 2.29. The van der Waals surface area contributed by atoms with Crippen LogP contribution in [0.3, 0.4) is 0 Å². The molecule has 84 valence electrons. The SMILES string of the molecule is O=[N+]([O-])c1ccc(C(O)Cc2ccsc2)o1. The summed E-state index contributed by atoms with van der Waals surface area (Å²) < 4.78 is 4.91. The van der Waals surface area contributed by atoms with Gasteiger partial charge in [-0.25, -0.2) is 0 Å². The van der Waals surface area contributed by atoms with Crippen molar-refractivity contribution in [3.05, 3.63) is 50.4 Å². The van der Waals surface area contributed by atoms with Gasteiger partial charge in [0.2, 0.25) is 0 Å². The van der Waals surface area contributed by atoms with Gasteiger partial charge in [-0.1, -0.05) is 0 Å². The summed E-state index contributed by atoms with van der Waals surface area (Å²) in [4.78, 5) is 9.76. The largest absolute Gasteiger partial charge is 0.433 e. The molecule has 0 aliphatic heterocycles. The first-order chi connectivity index (χ1) is 7.66. The molecule has 0 aliphatic rings. The maximum absolute atomic E-state index is 10.4. The highest BCUT2D eigenvalue weighted by Crippen LogP contribution is 2.24. The number of hydrogen-bond donors (Lipinski definition) is 1. The standard InChI is InChI=1S/C10H9NO4S/c12-8(5-7-3-4-16-6-7)9-1-2-10(15-9)11(13)14/h1-4,6,8,12H,5H2. The van der Waals surface area contributed by atoms with Crippen LogP contribution in [-0.4, -0.2) is 10.0 Å². The number of hydrogen-bond acceptors (Lipinski definition) is 5. The molecule has 0 aromatic carbocycles. The van der Waals surface area contributed by atoms with Crippen LogP contribution in [0, 0.1) is 10.1 Å². The van der Waals surface area contributed by atoms with Crippen LogP contribution in [-0.2, 0) is 6.42 Å². The average molecular weight is 239 g/mol. The van der Waals surface area contributed by atoms with Gasteiger partial charge >= 0.3 is 5.88 Å². The summed E-state index contributed by atoms with van der Waals surface area (Å²) in [7, 11) is 0. The second-order valence-electron chi connectivity index (χ2n) is 3.28. The van der Waals surface area contributed by atoms with Crippen LogP contribution in [0.2, 0.25) is 0 Å². The van der Waals surface area contributed by atoms with Crippen LogP contribution in [0.4, 0.5) is 5.88 Å². The van der Waals surface area contributed by atoms with Crippen LogP contribution in [0.25, 0.3) is 0 Å². The zero-order valence-electron chi connectivity index (χ0n) is 8.20. The molecular weight excluding hydrogens is 230 g/mol. The molecule has 1 atom stereocenters. The van der Waals surface area contributed by atoms with E-state index in [1.54, 1.807) is 0 Å². The van der Waals surface area contributed by atoms with Gasteiger partial charge in [-0.2, -0.15) is 11.3 Å². The Hall–Kier alpha value is -1.66. The maximum atomic E-state index is 10.4. The highest BCUT2D eigenvalue weighted by molar-refractivity contribution is 7.07. The van der Waals surface area contributed by atoms with Crippen molar-refractivity contribution in [2.45, 2.75) is 12.5 Å². The Bertz CT molecular complexity index is 477. The van der Waals surface area contributed by atoms with E-state index in [4.69, 9.17) is 4.42 Å². The van der Waals surface area contributed by atoms with Gasteiger partial charge in [-0.3, -0.25) is 10.1 Å². The first-order valence-corrected chi connectivity index (χ1v) is 5.54. The quantitative estimate of drug-likeness (QED) is 0.657. The van der Waals surface area contributed by atoms with Gasteiger partial charge in [0.15, 0.2) is 0 Å². The van der Waals surface area contributed by atoms with E-state index in [0.717, 1.165) is 5.56 Å². The van der Waals surface area contributed by atoms with Crippen molar-refractivity contribution in [3.63, 3.8) is 0 Å². The second-order valence-corrected chi connectivity index (χ2v) is 4.06. The van der Waals surface area contributed by atoms with E-state index in [1.807, 2.05) is 16.8 Å².